The van der Waals surface area contributed by atoms with E-state index >= 15 is 0 Å². The van der Waals surface area contributed by atoms with Crippen molar-refractivity contribution in [2.45, 2.75) is 24.5 Å². The van der Waals surface area contributed by atoms with Gasteiger partial charge in [-0.3, -0.25) is 4.90 Å². The first kappa shape index (κ1) is 16.3. The maximum absolute atomic E-state index is 5.77. The van der Waals surface area contributed by atoms with Gasteiger partial charge in [0.05, 0.1) is 13.7 Å². The van der Waals surface area contributed by atoms with Crippen LogP contribution in [0.1, 0.15) is 23.4 Å². The number of ether oxygens (including phenoxy) is 2. The van der Waals surface area contributed by atoms with Gasteiger partial charge in [0.15, 0.2) is 0 Å². The number of benzene rings is 1. The van der Waals surface area contributed by atoms with Crippen LogP contribution < -0.4 is 4.74 Å². The highest BCUT2D eigenvalue weighted by atomic mass is 32.2. The Hall–Kier alpha value is -1.57. The third-order valence-corrected chi connectivity index (χ3v) is 4.61. The molecule has 1 aliphatic rings. The zero-order valence-corrected chi connectivity index (χ0v) is 14.4. The van der Waals surface area contributed by atoms with Crippen molar-refractivity contribution in [2.24, 2.45) is 0 Å². The SMILES string of the molecule is COc1cc(CN2CCOC(c3noc(C)n3)C2)ccc1SC. The number of aryl methyl sites for hydroxylation is 1. The van der Waals surface area contributed by atoms with E-state index in [0.29, 0.717) is 18.3 Å². The highest BCUT2D eigenvalue weighted by Gasteiger charge is 2.26. The van der Waals surface area contributed by atoms with E-state index in [9.17, 15) is 0 Å². The first-order valence-corrected chi connectivity index (χ1v) is 8.77. The predicted molar refractivity (Wildman–Crippen MR) is 87.8 cm³/mol. The van der Waals surface area contributed by atoms with Gasteiger partial charge >= 0.3 is 0 Å². The van der Waals surface area contributed by atoms with Crippen molar-refractivity contribution in [3.8, 4) is 5.75 Å². The Kier molecular flexibility index (Phi) is 5.20. The molecule has 1 aliphatic heterocycles. The number of rotatable bonds is 5. The Morgan fingerprint density at radius 2 is 2.30 bits per heavy atom. The minimum absolute atomic E-state index is 0.131. The summed E-state index contributed by atoms with van der Waals surface area (Å²) in [5, 5.41) is 3.97. The van der Waals surface area contributed by atoms with Gasteiger partial charge < -0.3 is 14.0 Å². The summed E-state index contributed by atoms with van der Waals surface area (Å²) in [6.07, 6.45) is 1.92. The summed E-state index contributed by atoms with van der Waals surface area (Å²) < 4.78 is 16.3. The van der Waals surface area contributed by atoms with E-state index in [4.69, 9.17) is 14.0 Å². The second-order valence-corrected chi connectivity index (χ2v) is 6.30. The maximum atomic E-state index is 5.77. The van der Waals surface area contributed by atoms with Gasteiger partial charge in [-0.25, -0.2) is 0 Å². The Bertz CT molecular complexity index is 662. The Morgan fingerprint density at radius 3 is 3.00 bits per heavy atom. The van der Waals surface area contributed by atoms with E-state index in [0.717, 1.165) is 30.3 Å². The molecule has 6 nitrogen and oxygen atoms in total. The molecule has 0 saturated carbocycles. The number of thioether (sulfide) groups is 1. The molecule has 2 heterocycles. The number of nitrogens with zero attached hydrogens (tertiary/aromatic N) is 3. The summed E-state index contributed by atoms with van der Waals surface area (Å²) in [5.41, 5.74) is 1.23. The van der Waals surface area contributed by atoms with Crippen LogP contribution in [0.4, 0.5) is 0 Å². The lowest BCUT2D eigenvalue weighted by Crippen LogP contribution is -2.38. The minimum atomic E-state index is -0.131. The fraction of sp³-hybridized carbons (Fsp3) is 0.500. The molecule has 0 radical (unpaired) electrons. The summed E-state index contributed by atoms with van der Waals surface area (Å²) >= 11 is 1.69. The van der Waals surface area contributed by atoms with Crippen LogP contribution in [0.5, 0.6) is 5.75 Å². The molecule has 3 rings (SSSR count). The Morgan fingerprint density at radius 1 is 1.43 bits per heavy atom. The van der Waals surface area contributed by atoms with Crippen LogP contribution in [0, 0.1) is 6.92 Å². The topological polar surface area (TPSA) is 60.6 Å². The van der Waals surface area contributed by atoms with E-state index in [1.165, 1.54) is 5.56 Å². The van der Waals surface area contributed by atoms with Gasteiger partial charge in [0.25, 0.3) is 0 Å². The van der Waals surface area contributed by atoms with Gasteiger partial charge in [-0.15, -0.1) is 11.8 Å². The molecule has 0 bridgehead atoms. The number of morpholine rings is 1. The van der Waals surface area contributed by atoms with Crippen LogP contribution in [0.25, 0.3) is 0 Å². The summed E-state index contributed by atoms with van der Waals surface area (Å²) in [6, 6.07) is 6.37. The van der Waals surface area contributed by atoms with Crippen molar-refractivity contribution in [3.05, 3.63) is 35.5 Å². The third kappa shape index (κ3) is 3.85. The molecule has 1 saturated heterocycles. The molecule has 0 amide bonds. The molecule has 1 aromatic carbocycles. The number of hydrogen-bond acceptors (Lipinski definition) is 7. The van der Waals surface area contributed by atoms with Crippen LogP contribution in [0.3, 0.4) is 0 Å². The quantitative estimate of drug-likeness (QED) is 0.779. The molecule has 124 valence electrons. The first-order valence-electron chi connectivity index (χ1n) is 7.54. The minimum Gasteiger partial charge on any atom is -0.496 e. The Labute approximate surface area is 140 Å². The largest absolute Gasteiger partial charge is 0.496 e. The molecule has 1 unspecified atom stereocenters. The molecule has 7 heteroatoms. The summed E-state index contributed by atoms with van der Waals surface area (Å²) in [4.78, 5) is 7.77. The van der Waals surface area contributed by atoms with Crippen molar-refractivity contribution >= 4 is 11.8 Å². The highest BCUT2D eigenvalue weighted by molar-refractivity contribution is 7.98. The van der Waals surface area contributed by atoms with Crippen LogP contribution in [-0.2, 0) is 11.3 Å². The lowest BCUT2D eigenvalue weighted by molar-refractivity contribution is -0.0380. The van der Waals surface area contributed by atoms with Crippen molar-refractivity contribution in [1.82, 2.24) is 15.0 Å². The van der Waals surface area contributed by atoms with Gasteiger partial charge in [0, 0.05) is 31.5 Å². The summed E-state index contributed by atoms with van der Waals surface area (Å²) in [7, 11) is 1.71. The average molecular weight is 335 g/mol. The lowest BCUT2D eigenvalue weighted by atomic mass is 10.1. The molecule has 0 aliphatic carbocycles. The van der Waals surface area contributed by atoms with Crippen LogP contribution in [0.2, 0.25) is 0 Å². The molecule has 1 atom stereocenters. The van der Waals surface area contributed by atoms with Gasteiger partial charge in [0.1, 0.15) is 11.9 Å². The van der Waals surface area contributed by atoms with E-state index < -0.39 is 0 Å². The number of hydrogen-bond donors (Lipinski definition) is 0. The van der Waals surface area contributed by atoms with Crippen LogP contribution in [0.15, 0.2) is 27.6 Å². The Balaban J connectivity index is 1.68. The number of methoxy groups -OCH3 is 1. The van der Waals surface area contributed by atoms with Crippen molar-refractivity contribution < 1.29 is 14.0 Å². The van der Waals surface area contributed by atoms with Crippen LogP contribution >= 0.6 is 11.8 Å². The molecular formula is C16H21N3O3S. The lowest BCUT2D eigenvalue weighted by Gasteiger charge is -2.31. The molecule has 1 aromatic heterocycles. The first-order chi connectivity index (χ1) is 11.2. The van der Waals surface area contributed by atoms with E-state index in [-0.39, 0.29) is 6.10 Å². The van der Waals surface area contributed by atoms with Crippen molar-refractivity contribution in [2.75, 3.05) is 33.1 Å². The monoisotopic (exact) mass is 335 g/mol. The van der Waals surface area contributed by atoms with Crippen molar-refractivity contribution in [1.29, 1.82) is 0 Å². The summed E-state index contributed by atoms with van der Waals surface area (Å²) in [5.74, 6) is 2.12. The van der Waals surface area contributed by atoms with Gasteiger partial charge in [-0.1, -0.05) is 11.2 Å². The molecule has 2 aromatic rings. The fourth-order valence-electron chi connectivity index (χ4n) is 2.69. The molecule has 0 N–H and O–H groups in total. The van der Waals surface area contributed by atoms with Crippen LogP contribution in [-0.4, -0.2) is 48.1 Å². The fourth-order valence-corrected chi connectivity index (χ4v) is 3.23. The zero-order chi connectivity index (χ0) is 16.2. The zero-order valence-electron chi connectivity index (χ0n) is 13.6. The predicted octanol–water partition coefficient (Wildman–Crippen LogP) is 2.68. The standard InChI is InChI=1S/C16H21N3O3S/c1-11-17-16(18-22-11)14-10-19(6-7-21-14)9-12-4-5-15(23-3)13(8-12)20-2/h4-5,8,14H,6-7,9-10H2,1-3H3. The highest BCUT2D eigenvalue weighted by Crippen LogP contribution is 2.29. The van der Waals surface area contributed by atoms with Gasteiger partial charge in [-0.2, -0.15) is 4.98 Å². The molecule has 0 spiro atoms. The van der Waals surface area contributed by atoms with E-state index in [1.54, 1.807) is 25.8 Å². The second kappa shape index (κ2) is 7.33. The molecule has 1 fully saturated rings. The third-order valence-electron chi connectivity index (χ3n) is 3.84. The number of aromatic nitrogens is 2. The molecular weight excluding hydrogens is 314 g/mol. The summed E-state index contributed by atoms with van der Waals surface area (Å²) in [6.45, 7) is 4.95. The smallest absolute Gasteiger partial charge is 0.223 e. The maximum Gasteiger partial charge on any atom is 0.223 e. The van der Waals surface area contributed by atoms with E-state index in [2.05, 4.69) is 39.5 Å². The molecule has 23 heavy (non-hydrogen) atoms. The average Bonchev–Trinajstić information content (AvgIpc) is 3.01. The normalized spacial score (nSPS) is 19.0. The van der Waals surface area contributed by atoms with Gasteiger partial charge in [0.2, 0.25) is 11.7 Å². The van der Waals surface area contributed by atoms with E-state index in [1.807, 2.05) is 0 Å². The van der Waals surface area contributed by atoms with Gasteiger partial charge in [-0.05, 0) is 24.0 Å². The second-order valence-electron chi connectivity index (χ2n) is 5.46. The van der Waals surface area contributed by atoms with Crippen molar-refractivity contribution in [3.63, 3.8) is 0 Å².